The van der Waals surface area contributed by atoms with Crippen molar-refractivity contribution in [2.75, 3.05) is 12.0 Å². The summed E-state index contributed by atoms with van der Waals surface area (Å²) in [6, 6.07) is 7.82. The molecule has 0 spiro atoms. The maximum atomic E-state index is 10.8. The van der Waals surface area contributed by atoms with E-state index in [0.717, 1.165) is 5.56 Å². The number of hydrogen-bond donors (Lipinski definition) is 2. The number of thioether (sulfide) groups is 2. The molecule has 1 aromatic rings. The number of carbonyl (C=O) groups is 1. The molecule has 86 valence electrons. The molecule has 1 unspecified atom stereocenters. The first-order chi connectivity index (χ1) is 7.70. The lowest BCUT2D eigenvalue weighted by molar-refractivity contribution is -0.138. The van der Waals surface area contributed by atoms with Crippen LogP contribution >= 0.6 is 23.5 Å². The number of benzene rings is 1. The van der Waals surface area contributed by atoms with Gasteiger partial charge in [0.2, 0.25) is 0 Å². The smallest absolute Gasteiger partial charge is 0.321 e. The van der Waals surface area contributed by atoms with E-state index in [4.69, 9.17) is 5.11 Å². The first-order valence-corrected chi connectivity index (χ1v) is 7.22. The Morgan fingerprint density at radius 2 is 2.19 bits per heavy atom. The fraction of sp³-hybridized carbons (Fsp3) is 0.364. The summed E-state index contributed by atoms with van der Waals surface area (Å²) >= 11 is 3.35. The van der Waals surface area contributed by atoms with Gasteiger partial charge < -0.3 is 5.11 Å². The van der Waals surface area contributed by atoms with E-state index >= 15 is 0 Å². The van der Waals surface area contributed by atoms with Crippen molar-refractivity contribution in [1.29, 1.82) is 0 Å². The second kappa shape index (κ2) is 5.12. The van der Waals surface area contributed by atoms with Gasteiger partial charge in [0, 0.05) is 10.6 Å². The molecule has 1 aliphatic heterocycles. The summed E-state index contributed by atoms with van der Waals surface area (Å²) < 4.78 is 0. The highest BCUT2D eigenvalue weighted by Crippen LogP contribution is 2.33. The molecular weight excluding hydrogens is 242 g/mol. The summed E-state index contributed by atoms with van der Waals surface area (Å²) in [6.07, 6.45) is 2.04. The van der Waals surface area contributed by atoms with E-state index in [1.165, 1.54) is 4.90 Å². The summed E-state index contributed by atoms with van der Waals surface area (Å²) in [5.41, 5.74) is 1.14. The van der Waals surface area contributed by atoms with Gasteiger partial charge in [-0.05, 0) is 24.0 Å². The van der Waals surface area contributed by atoms with Gasteiger partial charge in [-0.25, -0.2) is 0 Å². The Balaban J connectivity index is 2.05. The number of rotatable bonds is 3. The van der Waals surface area contributed by atoms with Gasteiger partial charge in [0.1, 0.15) is 6.04 Å². The van der Waals surface area contributed by atoms with Crippen molar-refractivity contribution in [3.63, 3.8) is 0 Å². The number of hydrogen-bond acceptors (Lipinski definition) is 4. The molecule has 1 fully saturated rings. The molecule has 1 heterocycles. The number of aliphatic carboxylic acids is 1. The van der Waals surface area contributed by atoms with E-state index < -0.39 is 12.0 Å². The van der Waals surface area contributed by atoms with Crippen LogP contribution in [0.3, 0.4) is 0 Å². The standard InChI is InChI=1S/C11H13NO2S2/c1-15-8-4-2-7(3-5-8)10-12-9(6-16-10)11(13)14/h2-5,9-10,12H,6H2,1H3,(H,13,14)/t9-,10?/m0/s1. The van der Waals surface area contributed by atoms with Crippen LogP contribution in [0, 0.1) is 0 Å². The molecule has 0 aromatic heterocycles. The quantitative estimate of drug-likeness (QED) is 0.811. The van der Waals surface area contributed by atoms with Crippen LogP contribution in [0.2, 0.25) is 0 Å². The van der Waals surface area contributed by atoms with E-state index in [1.807, 2.05) is 6.26 Å². The van der Waals surface area contributed by atoms with Gasteiger partial charge in [-0.2, -0.15) is 0 Å². The molecule has 2 atom stereocenters. The van der Waals surface area contributed by atoms with E-state index in [9.17, 15) is 4.79 Å². The molecule has 2 N–H and O–H groups in total. The van der Waals surface area contributed by atoms with Crippen LogP contribution in [0.25, 0.3) is 0 Å². The third-order valence-electron chi connectivity index (χ3n) is 2.50. The molecule has 1 aromatic carbocycles. The van der Waals surface area contributed by atoms with Gasteiger partial charge in [0.15, 0.2) is 0 Å². The Morgan fingerprint density at radius 3 is 2.69 bits per heavy atom. The zero-order valence-electron chi connectivity index (χ0n) is 8.84. The first-order valence-electron chi connectivity index (χ1n) is 4.95. The summed E-state index contributed by atoms with van der Waals surface area (Å²) in [5.74, 6) is -0.139. The van der Waals surface area contributed by atoms with Crippen molar-refractivity contribution in [2.45, 2.75) is 16.3 Å². The SMILES string of the molecule is CSc1ccc(C2N[C@H](C(=O)O)CS2)cc1. The molecule has 1 saturated heterocycles. The zero-order valence-corrected chi connectivity index (χ0v) is 10.5. The van der Waals surface area contributed by atoms with Gasteiger partial charge >= 0.3 is 5.97 Å². The van der Waals surface area contributed by atoms with Crippen LogP contribution in [-0.2, 0) is 4.79 Å². The van der Waals surface area contributed by atoms with Crippen LogP contribution in [0.1, 0.15) is 10.9 Å². The summed E-state index contributed by atoms with van der Waals surface area (Å²) in [7, 11) is 0. The van der Waals surface area contributed by atoms with E-state index in [-0.39, 0.29) is 5.37 Å². The molecule has 1 aliphatic rings. The molecule has 0 radical (unpaired) electrons. The molecular formula is C11H13NO2S2. The van der Waals surface area contributed by atoms with E-state index in [2.05, 4.69) is 29.6 Å². The Kier molecular flexibility index (Phi) is 3.78. The van der Waals surface area contributed by atoms with Gasteiger partial charge in [-0.1, -0.05) is 12.1 Å². The van der Waals surface area contributed by atoms with Crippen molar-refractivity contribution < 1.29 is 9.90 Å². The highest BCUT2D eigenvalue weighted by atomic mass is 32.2. The van der Waals surface area contributed by atoms with Gasteiger partial charge in [0.05, 0.1) is 5.37 Å². The van der Waals surface area contributed by atoms with Gasteiger partial charge in [-0.15, -0.1) is 23.5 Å². The van der Waals surface area contributed by atoms with Gasteiger partial charge in [0.25, 0.3) is 0 Å². The Hall–Kier alpha value is -0.650. The lowest BCUT2D eigenvalue weighted by atomic mass is 10.2. The van der Waals surface area contributed by atoms with Crippen LogP contribution < -0.4 is 5.32 Å². The first kappa shape index (κ1) is 11.8. The average molecular weight is 255 g/mol. The molecule has 2 rings (SSSR count). The predicted molar refractivity (Wildman–Crippen MR) is 68.0 cm³/mol. The van der Waals surface area contributed by atoms with Crippen molar-refractivity contribution in [3.8, 4) is 0 Å². The van der Waals surface area contributed by atoms with Crippen molar-refractivity contribution in [3.05, 3.63) is 29.8 Å². The zero-order chi connectivity index (χ0) is 11.5. The minimum atomic E-state index is -0.768. The molecule has 16 heavy (non-hydrogen) atoms. The maximum absolute atomic E-state index is 10.8. The molecule has 0 aliphatic carbocycles. The molecule has 0 amide bonds. The predicted octanol–water partition coefficient (Wildman–Crippen LogP) is 2.20. The fourth-order valence-corrected chi connectivity index (χ4v) is 3.23. The van der Waals surface area contributed by atoms with Crippen LogP contribution in [0.15, 0.2) is 29.2 Å². The van der Waals surface area contributed by atoms with E-state index in [1.54, 1.807) is 23.5 Å². The maximum Gasteiger partial charge on any atom is 0.321 e. The minimum absolute atomic E-state index is 0.108. The Labute approximate surface area is 103 Å². The second-order valence-corrected chi connectivity index (χ2v) is 5.56. The third-order valence-corrected chi connectivity index (χ3v) is 4.51. The topological polar surface area (TPSA) is 49.3 Å². The van der Waals surface area contributed by atoms with Crippen molar-refractivity contribution in [2.24, 2.45) is 0 Å². The minimum Gasteiger partial charge on any atom is -0.480 e. The van der Waals surface area contributed by atoms with Crippen molar-refractivity contribution >= 4 is 29.5 Å². The molecule has 3 nitrogen and oxygen atoms in total. The van der Waals surface area contributed by atoms with Crippen LogP contribution in [0.5, 0.6) is 0 Å². The average Bonchev–Trinajstić information content (AvgIpc) is 2.78. The van der Waals surface area contributed by atoms with Crippen LogP contribution in [0.4, 0.5) is 0 Å². The van der Waals surface area contributed by atoms with Gasteiger partial charge in [-0.3, -0.25) is 10.1 Å². The summed E-state index contributed by atoms with van der Waals surface area (Å²) in [5, 5.41) is 12.1. The Morgan fingerprint density at radius 1 is 1.50 bits per heavy atom. The highest BCUT2D eigenvalue weighted by molar-refractivity contribution is 7.99. The summed E-state index contributed by atoms with van der Waals surface area (Å²) in [6.45, 7) is 0. The monoisotopic (exact) mass is 255 g/mol. The van der Waals surface area contributed by atoms with Crippen LogP contribution in [-0.4, -0.2) is 29.1 Å². The third kappa shape index (κ3) is 2.53. The lowest BCUT2D eigenvalue weighted by Crippen LogP contribution is -2.33. The van der Waals surface area contributed by atoms with E-state index in [0.29, 0.717) is 5.75 Å². The second-order valence-electron chi connectivity index (χ2n) is 3.54. The number of carboxylic acid groups (broad SMARTS) is 1. The normalized spacial score (nSPS) is 24.6. The largest absolute Gasteiger partial charge is 0.480 e. The highest BCUT2D eigenvalue weighted by Gasteiger charge is 2.29. The molecule has 0 saturated carbocycles. The number of carboxylic acids is 1. The molecule has 5 heteroatoms. The Bertz CT molecular complexity index is 380. The molecule has 0 bridgehead atoms. The fourth-order valence-electron chi connectivity index (χ4n) is 1.59. The number of nitrogens with one attached hydrogen (secondary N) is 1. The summed E-state index contributed by atoms with van der Waals surface area (Å²) in [4.78, 5) is 12.0. The lowest BCUT2D eigenvalue weighted by Gasteiger charge is -2.11. The van der Waals surface area contributed by atoms with Crippen molar-refractivity contribution in [1.82, 2.24) is 5.32 Å².